The zero-order valence-electron chi connectivity index (χ0n) is 19.7. The van der Waals surface area contributed by atoms with Crippen molar-refractivity contribution in [1.29, 1.82) is 0 Å². The maximum atomic E-state index is 12.7. The third-order valence-electron chi connectivity index (χ3n) is 5.43. The second kappa shape index (κ2) is 12.5. The van der Waals surface area contributed by atoms with Gasteiger partial charge < -0.3 is 20.1 Å². The number of carbonyl (C=O) groups is 2. The number of aliphatic carboxylic acids is 1. The number of anilines is 1. The van der Waals surface area contributed by atoms with E-state index in [1.165, 1.54) is 4.90 Å². The van der Waals surface area contributed by atoms with Crippen molar-refractivity contribution in [3.05, 3.63) is 96.6 Å². The molecule has 0 fully saturated rings. The van der Waals surface area contributed by atoms with Crippen LogP contribution in [-0.4, -0.2) is 46.7 Å². The number of hydrogen-bond donors (Lipinski definition) is 2. The topological polar surface area (TPSA) is 91.8 Å². The number of rotatable bonds is 11. The molecule has 7 nitrogen and oxygen atoms in total. The number of amides is 1. The van der Waals surface area contributed by atoms with E-state index in [0.29, 0.717) is 6.54 Å². The van der Waals surface area contributed by atoms with E-state index in [1.54, 1.807) is 11.3 Å². The fourth-order valence-corrected chi connectivity index (χ4v) is 4.62. The summed E-state index contributed by atoms with van der Waals surface area (Å²) in [7, 11) is 0. The Hall–Kier alpha value is -4.17. The number of nitrogens with zero attached hydrogens (tertiary/aromatic N) is 2. The number of nitrogens with one attached hydrogen (secondary N) is 1. The first-order chi connectivity index (χ1) is 17.6. The molecule has 0 aliphatic rings. The lowest BCUT2D eigenvalue weighted by Crippen LogP contribution is -2.37. The van der Waals surface area contributed by atoms with Crippen LogP contribution in [0.2, 0.25) is 0 Å². The van der Waals surface area contributed by atoms with Crippen molar-refractivity contribution in [2.24, 2.45) is 0 Å². The molecule has 36 heavy (non-hydrogen) atoms. The number of aromatic nitrogens is 1. The highest BCUT2D eigenvalue weighted by Gasteiger charge is 2.18. The van der Waals surface area contributed by atoms with E-state index in [-0.39, 0.29) is 26.1 Å². The van der Waals surface area contributed by atoms with Gasteiger partial charge in [0.1, 0.15) is 6.61 Å². The highest BCUT2D eigenvalue weighted by Crippen LogP contribution is 2.38. The molecule has 3 aromatic carbocycles. The number of carbonyl (C=O) groups excluding carboxylic acids is 1. The summed E-state index contributed by atoms with van der Waals surface area (Å²) in [4.78, 5) is 31.1. The molecule has 0 bridgehead atoms. The highest BCUT2D eigenvalue weighted by atomic mass is 32.1. The Morgan fingerprint density at radius 3 is 2.11 bits per heavy atom. The van der Waals surface area contributed by atoms with Crippen LogP contribution >= 0.6 is 11.3 Å². The second-order valence-electron chi connectivity index (χ2n) is 8.03. The lowest BCUT2D eigenvalue weighted by Gasteiger charge is -2.21. The van der Waals surface area contributed by atoms with Gasteiger partial charge in [0.2, 0.25) is 0 Å². The van der Waals surface area contributed by atoms with Crippen LogP contribution in [0.5, 0.6) is 0 Å². The van der Waals surface area contributed by atoms with E-state index >= 15 is 0 Å². The van der Waals surface area contributed by atoms with Crippen molar-refractivity contribution in [3.8, 4) is 21.7 Å². The van der Waals surface area contributed by atoms with Gasteiger partial charge >= 0.3 is 12.1 Å². The number of benzene rings is 3. The third-order valence-corrected chi connectivity index (χ3v) is 6.49. The fraction of sp³-hybridized carbons (Fsp3) is 0.179. The minimum absolute atomic E-state index is 0.0625. The minimum atomic E-state index is -0.969. The first-order valence-corrected chi connectivity index (χ1v) is 12.4. The molecule has 0 aliphatic heterocycles. The Morgan fingerprint density at radius 1 is 0.861 bits per heavy atom. The van der Waals surface area contributed by atoms with Gasteiger partial charge in [0.05, 0.1) is 17.0 Å². The van der Waals surface area contributed by atoms with Gasteiger partial charge in [-0.15, -0.1) is 0 Å². The van der Waals surface area contributed by atoms with Crippen LogP contribution in [0, 0.1) is 0 Å². The Balaban J connectivity index is 1.43. The van der Waals surface area contributed by atoms with Crippen LogP contribution < -0.4 is 5.32 Å². The van der Waals surface area contributed by atoms with E-state index < -0.39 is 12.1 Å². The van der Waals surface area contributed by atoms with Crippen LogP contribution in [0.4, 0.5) is 9.93 Å². The maximum absolute atomic E-state index is 12.7. The number of thiazole rings is 1. The Kier molecular flexibility index (Phi) is 8.67. The molecule has 0 saturated heterocycles. The molecule has 0 unspecified atom stereocenters. The predicted molar refractivity (Wildman–Crippen MR) is 142 cm³/mol. The molecule has 4 rings (SSSR count). The first kappa shape index (κ1) is 24.9. The summed E-state index contributed by atoms with van der Waals surface area (Å²) in [6.07, 6.45) is -0.704. The van der Waals surface area contributed by atoms with E-state index in [4.69, 9.17) is 14.8 Å². The molecule has 4 aromatic rings. The maximum Gasteiger partial charge on any atom is 0.410 e. The van der Waals surface area contributed by atoms with Crippen molar-refractivity contribution in [1.82, 2.24) is 9.88 Å². The Morgan fingerprint density at radius 2 is 1.47 bits per heavy atom. The molecule has 1 aromatic heterocycles. The smallest absolute Gasteiger partial charge is 0.410 e. The van der Waals surface area contributed by atoms with Crippen LogP contribution in [-0.2, 0) is 16.1 Å². The molecular weight excluding hydrogens is 474 g/mol. The minimum Gasteiger partial charge on any atom is -0.481 e. The van der Waals surface area contributed by atoms with Gasteiger partial charge in [-0.1, -0.05) is 102 Å². The molecule has 0 saturated carbocycles. The summed E-state index contributed by atoms with van der Waals surface area (Å²) in [5.41, 5.74) is 3.86. The third kappa shape index (κ3) is 6.93. The molecule has 0 aliphatic carbocycles. The van der Waals surface area contributed by atoms with Gasteiger partial charge in [0.25, 0.3) is 0 Å². The first-order valence-electron chi connectivity index (χ1n) is 11.6. The largest absolute Gasteiger partial charge is 0.481 e. The summed E-state index contributed by atoms with van der Waals surface area (Å²) in [5.74, 6) is -0.969. The molecule has 0 radical (unpaired) electrons. The molecule has 184 valence electrons. The number of hydrogen-bond acceptors (Lipinski definition) is 6. The average molecular weight is 502 g/mol. The standard InChI is InChI=1S/C28H27N3O4S/c32-24(33)16-18-31(28(34)35-20-21-10-4-1-5-11-21)19-17-29-27-30-25(22-12-6-2-7-13-22)26(36-27)23-14-8-3-9-15-23/h1-15H,16-20H2,(H,29,30)(H,32,33). The number of ether oxygens (including phenoxy) is 1. The van der Waals surface area contributed by atoms with Crippen molar-refractivity contribution < 1.29 is 19.4 Å². The SMILES string of the molecule is O=C(O)CCN(CCNc1nc(-c2ccccc2)c(-c2ccccc2)s1)C(=O)OCc1ccccc1. The lowest BCUT2D eigenvalue weighted by atomic mass is 10.1. The lowest BCUT2D eigenvalue weighted by molar-refractivity contribution is -0.137. The second-order valence-corrected chi connectivity index (χ2v) is 9.03. The summed E-state index contributed by atoms with van der Waals surface area (Å²) in [5, 5.41) is 13.1. The molecule has 1 amide bonds. The molecule has 0 spiro atoms. The van der Waals surface area contributed by atoms with Gasteiger partial charge in [-0.3, -0.25) is 4.79 Å². The van der Waals surface area contributed by atoms with E-state index in [2.05, 4.69) is 17.4 Å². The normalized spacial score (nSPS) is 10.6. The van der Waals surface area contributed by atoms with Crippen LogP contribution in [0.15, 0.2) is 91.0 Å². The van der Waals surface area contributed by atoms with E-state index in [0.717, 1.165) is 32.4 Å². The van der Waals surface area contributed by atoms with Gasteiger partial charge in [0, 0.05) is 25.2 Å². The average Bonchev–Trinajstić information content (AvgIpc) is 3.35. The van der Waals surface area contributed by atoms with E-state index in [9.17, 15) is 9.59 Å². The Bertz CT molecular complexity index is 1210. The van der Waals surface area contributed by atoms with Gasteiger partial charge in [-0.05, 0) is 11.1 Å². The molecule has 8 heteroatoms. The van der Waals surface area contributed by atoms with Gasteiger partial charge in [-0.25, -0.2) is 9.78 Å². The summed E-state index contributed by atoms with van der Waals surface area (Å²) < 4.78 is 5.42. The zero-order valence-corrected chi connectivity index (χ0v) is 20.5. The van der Waals surface area contributed by atoms with Crippen LogP contribution in [0.3, 0.4) is 0 Å². The summed E-state index contributed by atoms with van der Waals surface area (Å²) >= 11 is 1.54. The monoisotopic (exact) mass is 501 g/mol. The van der Waals surface area contributed by atoms with Crippen LogP contribution in [0.25, 0.3) is 21.7 Å². The summed E-state index contributed by atoms with van der Waals surface area (Å²) in [6, 6.07) is 29.5. The van der Waals surface area contributed by atoms with Gasteiger partial charge in [0.15, 0.2) is 5.13 Å². The number of carboxylic acid groups (broad SMARTS) is 1. The van der Waals surface area contributed by atoms with E-state index in [1.807, 2.05) is 78.9 Å². The fourth-order valence-electron chi connectivity index (χ4n) is 3.61. The summed E-state index contributed by atoms with van der Waals surface area (Å²) in [6.45, 7) is 0.870. The predicted octanol–water partition coefficient (Wildman–Crippen LogP) is 6.00. The quantitative estimate of drug-likeness (QED) is 0.262. The highest BCUT2D eigenvalue weighted by molar-refractivity contribution is 7.19. The van der Waals surface area contributed by atoms with Crippen molar-refractivity contribution >= 4 is 28.5 Å². The Labute approximate surface area is 214 Å². The molecule has 0 atom stereocenters. The molecular formula is C28H27N3O4S. The number of carboxylic acids is 1. The van der Waals surface area contributed by atoms with Gasteiger partial charge in [-0.2, -0.15) is 0 Å². The van der Waals surface area contributed by atoms with Crippen LogP contribution in [0.1, 0.15) is 12.0 Å². The zero-order chi connectivity index (χ0) is 25.2. The molecule has 1 heterocycles. The van der Waals surface area contributed by atoms with Crippen molar-refractivity contribution in [3.63, 3.8) is 0 Å². The van der Waals surface area contributed by atoms with Crippen molar-refractivity contribution in [2.45, 2.75) is 13.0 Å². The van der Waals surface area contributed by atoms with Crippen molar-refractivity contribution in [2.75, 3.05) is 25.0 Å². The molecule has 2 N–H and O–H groups in total.